The molecule has 0 amide bonds. The van der Waals surface area contributed by atoms with E-state index < -0.39 is 0 Å². The Morgan fingerprint density at radius 1 is 1.64 bits per heavy atom. The van der Waals surface area contributed by atoms with E-state index >= 15 is 0 Å². The van der Waals surface area contributed by atoms with Crippen LogP contribution in [0.15, 0.2) is 0 Å². The highest BCUT2D eigenvalue weighted by atomic mass is 32.2. The number of rotatable bonds is 6. The molecule has 0 radical (unpaired) electrons. The van der Waals surface area contributed by atoms with E-state index in [0.29, 0.717) is 0 Å². The Morgan fingerprint density at radius 2 is 2.36 bits per heavy atom. The van der Waals surface area contributed by atoms with Crippen molar-refractivity contribution >= 4 is 11.8 Å². The Kier molecular flexibility index (Phi) is 7.69. The summed E-state index contributed by atoms with van der Waals surface area (Å²) in [6.45, 7) is 0.770. The first-order chi connectivity index (χ1) is 5.31. The normalized spacial score (nSPS) is 12.5. The monoisotopic (exact) mass is 174 g/mol. The molecule has 0 aromatic carbocycles. The van der Waals surface area contributed by atoms with E-state index in [1.807, 2.05) is 6.07 Å². The first-order valence-corrected chi connectivity index (χ1v) is 4.68. The van der Waals surface area contributed by atoms with Crippen molar-refractivity contribution < 1.29 is 4.74 Å². The second-order valence-corrected chi connectivity index (χ2v) is 3.35. The van der Waals surface area contributed by atoms with Gasteiger partial charge < -0.3 is 10.5 Å². The summed E-state index contributed by atoms with van der Waals surface area (Å²) in [5.41, 5.74) is 5.38. The molecule has 0 saturated carbocycles. The van der Waals surface area contributed by atoms with Crippen LogP contribution >= 0.6 is 11.8 Å². The van der Waals surface area contributed by atoms with Crippen LogP contribution in [-0.2, 0) is 4.74 Å². The van der Waals surface area contributed by atoms with Crippen molar-refractivity contribution in [3.63, 3.8) is 0 Å². The van der Waals surface area contributed by atoms with Crippen LogP contribution in [-0.4, -0.2) is 31.3 Å². The van der Waals surface area contributed by atoms with Gasteiger partial charge in [-0.1, -0.05) is 0 Å². The van der Waals surface area contributed by atoms with Crippen LogP contribution in [0.1, 0.15) is 6.42 Å². The lowest BCUT2D eigenvalue weighted by atomic mass is 10.3. The van der Waals surface area contributed by atoms with Gasteiger partial charge in [-0.15, -0.1) is 0 Å². The molecule has 0 aromatic rings. The molecule has 1 unspecified atom stereocenters. The maximum absolute atomic E-state index is 8.33. The van der Waals surface area contributed by atoms with Gasteiger partial charge in [-0.25, -0.2) is 0 Å². The third kappa shape index (κ3) is 7.66. The molecule has 64 valence electrons. The van der Waals surface area contributed by atoms with Crippen LogP contribution in [0.4, 0.5) is 0 Å². The zero-order chi connectivity index (χ0) is 8.53. The van der Waals surface area contributed by atoms with Gasteiger partial charge in [0, 0.05) is 12.9 Å². The fourth-order valence-corrected chi connectivity index (χ4v) is 1.43. The molecule has 0 bridgehead atoms. The molecule has 1 atom stereocenters. The van der Waals surface area contributed by atoms with Gasteiger partial charge in [-0.3, -0.25) is 0 Å². The fraction of sp³-hybridized carbons (Fsp3) is 0.857. The Balaban J connectivity index is 2.97. The topological polar surface area (TPSA) is 59.0 Å². The van der Waals surface area contributed by atoms with E-state index in [2.05, 4.69) is 0 Å². The Bertz CT molecular complexity index is 124. The number of hydrogen-bond donors (Lipinski definition) is 1. The molecule has 0 fully saturated rings. The van der Waals surface area contributed by atoms with Gasteiger partial charge in [0.25, 0.3) is 0 Å². The number of hydrogen-bond acceptors (Lipinski definition) is 4. The number of ether oxygens (including phenoxy) is 1. The average Bonchev–Trinajstić information content (AvgIpc) is 2.04. The molecule has 3 nitrogen and oxygen atoms in total. The van der Waals surface area contributed by atoms with Gasteiger partial charge in [-0.2, -0.15) is 17.0 Å². The number of nitrogens with zero attached hydrogens (tertiary/aromatic N) is 1. The first-order valence-electron chi connectivity index (χ1n) is 3.53. The van der Waals surface area contributed by atoms with Crippen molar-refractivity contribution in [2.45, 2.75) is 12.5 Å². The Hall–Kier alpha value is -0.240. The lowest BCUT2D eigenvalue weighted by Gasteiger charge is -2.01. The van der Waals surface area contributed by atoms with E-state index in [-0.39, 0.29) is 6.04 Å². The van der Waals surface area contributed by atoms with E-state index in [9.17, 15) is 0 Å². The molecular formula is C7H14N2OS. The summed E-state index contributed by atoms with van der Waals surface area (Å²) in [5, 5.41) is 8.33. The lowest BCUT2D eigenvalue weighted by molar-refractivity contribution is 0.218. The quantitative estimate of drug-likeness (QED) is 0.599. The summed E-state index contributed by atoms with van der Waals surface area (Å²) in [4.78, 5) is 0. The SMILES string of the molecule is COCCSCCC(N)C#N. The number of thioether (sulfide) groups is 1. The maximum atomic E-state index is 8.33. The minimum Gasteiger partial charge on any atom is -0.384 e. The third-order valence-corrected chi connectivity index (χ3v) is 2.15. The van der Waals surface area contributed by atoms with E-state index in [1.54, 1.807) is 18.9 Å². The number of nitriles is 1. The van der Waals surface area contributed by atoms with Gasteiger partial charge in [0.2, 0.25) is 0 Å². The summed E-state index contributed by atoms with van der Waals surface area (Å²) >= 11 is 1.77. The van der Waals surface area contributed by atoms with Crippen LogP contribution in [0.3, 0.4) is 0 Å². The Labute approximate surface area is 71.9 Å². The summed E-state index contributed by atoms with van der Waals surface area (Å²) in [6, 6.07) is 1.69. The lowest BCUT2D eigenvalue weighted by Crippen LogP contribution is -2.17. The van der Waals surface area contributed by atoms with Crippen LogP contribution in [0.25, 0.3) is 0 Å². The van der Waals surface area contributed by atoms with Gasteiger partial charge in [-0.05, 0) is 12.2 Å². The van der Waals surface area contributed by atoms with E-state index in [4.69, 9.17) is 15.7 Å². The molecule has 4 heteroatoms. The van der Waals surface area contributed by atoms with Gasteiger partial charge in [0.1, 0.15) is 0 Å². The average molecular weight is 174 g/mol. The molecule has 11 heavy (non-hydrogen) atoms. The summed E-state index contributed by atoms with van der Waals surface area (Å²) in [6.07, 6.45) is 0.769. The highest BCUT2D eigenvalue weighted by Gasteiger charge is 1.98. The van der Waals surface area contributed by atoms with Crippen LogP contribution in [0.5, 0.6) is 0 Å². The molecular weight excluding hydrogens is 160 g/mol. The van der Waals surface area contributed by atoms with Crippen molar-refractivity contribution in [3.05, 3.63) is 0 Å². The molecule has 0 heterocycles. The zero-order valence-corrected chi connectivity index (χ0v) is 7.56. The van der Waals surface area contributed by atoms with Crippen molar-refractivity contribution in [2.75, 3.05) is 25.2 Å². The van der Waals surface area contributed by atoms with Crippen LogP contribution < -0.4 is 5.73 Å². The molecule has 0 aliphatic carbocycles. The minimum atomic E-state index is -0.301. The second-order valence-electron chi connectivity index (χ2n) is 2.13. The van der Waals surface area contributed by atoms with E-state index in [0.717, 1.165) is 24.5 Å². The maximum Gasteiger partial charge on any atom is 0.0935 e. The molecule has 0 aliphatic heterocycles. The minimum absolute atomic E-state index is 0.301. The smallest absolute Gasteiger partial charge is 0.0935 e. The van der Waals surface area contributed by atoms with Crippen LogP contribution in [0.2, 0.25) is 0 Å². The number of nitrogens with two attached hydrogens (primary N) is 1. The van der Waals surface area contributed by atoms with Crippen molar-refractivity contribution in [1.29, 1.82) is 5.26 Å². The molecule has 0 rings (SSSR count). The third-order valence-electron chi connectivity index (χ3n) is 1.17. The highest BCUT2D eigenvalue weighted by molar-refractivity contribution is 7.99. The second kappa shape index (κ2) is 7.86. The molecule has 0 aromatic heterocycles. The van der Waals surface area contributed by atoms with Crippen molar-refractivity contribution in [1.82, 2.24) is 0 Å². The summed E-state index contributed by atoms with van der Waals surface area (Å²) < 4.78 is 4.86. The van der Waals surface area contributed by atoms with Gasteiger partial charge in [0.05, 0.1) is 18.7 Å². The standard InChI is InChI=1S/C7H14N2OS/c1-10-3-5-11-4-2-7(9)6-8/h7H,2-5,9H2,1H3. The van der Waals surface area contributed by atoms with Crippen LogP contribution in [0, 0.1) is 11.3 Å². The molecule has 0 saturated heterocycles. The molecule has 0 spiro atoms. The van der Waals surface area contributed by atoms with Gasteiger partial charge >= 0.3 is 0 Å². The number of methoxy groups -OCH3 is 1. The largest absolute Gasteiger partial charge is 0.384 e. The zero-order valence-electron chi connectivity index (χ0n) is 6.75. The van der Waals surface area contributed by atoms with Gasteiger partial charge in [0.15, 0.2) is 0 Å². The van der Waals surface area contributed by atoms with Crippen molar-refractivity contribution in [3.8, 4) is 6.07 Å². The Morgan fingerprint density at radius 3 is 2.91 bits per heavy atom. The summed E-state index contributed by atoms with van der Waals surface area (Å²) in [5.74, 6) is 1.92. The summed E-state index contributed by atoms with van der Waals surface area (Å²) in [7, 11) is 1.68. The predicted octanol–water partition coefficient (Wildman–Crippen LogP) is 0.607. The fourth-order valence-electron chi connectivity index (χ4n) is 0.519. The molecule has 0 aliphatic rings. The predicted molar refractivity (Wildman–Crippen MR) is 47.4 cm³/mol. The first kappa shape index (κ1) is 10.8. The van der Waals surface area contributed by atoms with Crippen molar-refractivity contribution in [2.24, 2.45) is 5.73 Å². The van der Waals surface area contributed by atoms with E-state index in [1.165, 1.54) is 0 Å². The highest BCUT2D eigenvalue weighted by Crippen LogP contribution is 2.02. The molecule has 2 N–H and O–H groups in total.